The number of nitrogens with one attached hydrogen (secondary N) is 2. The van der Waals surface area contributed by atoms with Crippen LogP contribution in [-0.4, -0.2) is 34.3 Å². The van der Waals surface area contributed by atoms with E-state index in [0.29, 0.717) is 28.0 Å². The summed E-state index contributed by atoms with van der Waals surface area (Å²) in [5.41, 5.74) is 1.22. The molecule has 0 radical (unpaired) electrons. The van der Waals surface area contributed by atoms with Gasteiger partial charge in [0.2, 0.25) is 0 Å². The van der Waals surface area contributed by atoms with Crippen LogP contribution in [0.4, 0.5) is 0 Å². The first-order chi connectivity index (χ1) is 13.5. The minimum Gasteiger partial charge on any atom is -0.497 e. The normalized spacial score (nSPS) is 10.8. The molecule has 0 saturated heterocycles. The topological polar surface area (TPSA) is 89.1 Å². The maximum Gasteiger partial charge on any atom is 0.255 e. The SMILES string of the molecule is COc1ccc(-c2n[nH]c(CNC(=O)c3cc(Cl)ccc3OC(C)C)n2)cc1. The van der Waals surface area contributed by atoms with Gasteiger partial charge in [0.25, 0.3) is 5.91 Å². The van der Waals surface area contributed by atoms with Gasteiger partial charge in [-0.05, 0) is 56.3 Å². The van der Waals surface area contributed by atoms with Crippen LogP contribution in [0.5, 0.6) is 11.5 Å². The minimum absolute atomic E-state index is 0.0611. The van der Waals surface area contributed by atoms with Crippen molar-refractivity contribution in [2.45, 2.75) is 26.5 Å². The Hall–Kier alpha value is -3.06. The summed E-state index contributed by atoms with van der Waals surface area (Å²) in [7, 11) is 1.61. The highest BCUT2D eigenvalue weighted by Crippen LogP contribution is 2.24. The fourth-order valence-corrected chi connectivity index (χ4v) is 2.71. The number of nitrogens with zero attached hydrogens (tertiary/aromatic N) is 2. The number of carbonyl (C=O) groups is 1. The number of aromatic nitrogens is 3. The molecule has 146 valence electrons. The van der Waals surface area contributed by atoms with Crippen LogP contribution in [0, 0.1) is 0 Å². The first-order valence-corrected chi connectivity index (χ1v) is 9.14. The van der Waals surface area contributed by atoms with E-state index in [-0.39, 0.29) is 18.6 Å². The number of amides is 1. The second kappa shape index (κ2) is 8.75. The lowest BCUT2D eigenvalue weighted by Gasteiger charge is -2.14. The molecule has 2 aromatic carbocycles. The van der Waals surface area contributed by atoms with Gasteiger partial charge in [0.05, 0.1) is 25.3 Å². The van der Waals surface area contributed by atoms with Crippen molar-refractivity contribution in [3.05, 3.63) is 58.9 Å². The Bertz CT molecular complexity index is 954. The number of halogens is 1. The number of rotatable bonds is 7. The van der Waals surface area contributed by atoms with Crippen molar-refractivity contribution in [2.24, 2.45) is 0 Å². The number of H-pyrrole nitrogens is 1. The van der Waals surface area contributed by atoms with Gasteiger partial charge in [-0.25, -0.2) is 4.98 Å². The van der Waals surface area contributed by atoms with E-state index in [9.17, 15) is 4.79 Å². The molecule has 0 bridgehead atoms. The quantitative estimate of drug-likeness (QED) is 0.628. The number of hydrogen-bond donors (Lipinski definition) is 2. The molecule has 0 fully saturated rings. The fraction of sp³-hybridized carbons (Fsp3) is 0.250. The lowest BCUT2D eigenvalue weighted by molar-refractivity contribution is 0.0944. The number of methoxy groups -OCH3 is 1. The molecule has 0 spiro atoms. The molecule has 0 atom stereocenters. The molecule has 0 unspecified atom stereocenters. The summed E-state index contributed by atoms with van der Waals surface area (Å²) >= 11 is 6.03. The Balaban J connectivity index is 1.68. The molecule has 28 heavy (non-hydrogen) atoms. The second-order valence-corrected chi connectivity index (χ2v) is 6.76. The molecule has 8 heteroatoms. The molecule has 1 aromatic heterocycles. The van der Waals surface area contributed by atoms with Crippen molar-refractivity contribution in [1.82, 2.24) is 20.5 Å². The van der Waals surface area contributed by atoms with Crippen LogP contribution in [0.3, 0.4) is 0 Å². The van der Waals surface area contributed by atoms with Crippen LogP contribution >= 0.6 is 11.6 Å². The van der Waals surface area contributed by atoms with E-state index in [4.69, 9.17) is 21.1 Å². The smallest absolute Gasteiger partial charge is 0.255 e. The standard InChI is InChI=1S/C20H21ClN4O3/c1-12(2)28-17-9-6-14(21)10-16(17)20(26)22-11-18-23-19(25-24-18)13-4-7-15(27-3)8-5-13/h4-10,12H,11H2,1-3H3,(H,22,26)(H,23,24,25). The number of ether oxygens (including phenoxy) is 2. The summed E-state index contributed by atoms with van der Waals surface area (Å²) in [5.74, 6) is 2.01. The van der Waals surface area contributed by atoms with E-state index in [2.05, 4.69) is 20.5 Å². The molecule has 3 rings (SSSR count). The molecular formula is C20H21ClN4O3. The molecule has 0 aliphatic heterocycles. The first kappa shape index (κ1) is 19.7. The summed E-state index contributed by atoms with van der Waals surface area (Å²) < 4.78 is 10.8. The third-order valence-electron chi connectivity index (χ3n) is 3.85. The molecule has 1 heterocycles. The molecule has 0 saturated carbocycles. The highest BCUT2D eigenvalue weighted by Gasteiger charge is 2.15. The van der Waals surface area contributed by atoms with Gasteiger partial charge < -0.3 is 14.8 Å². The van der Waals surface area contributed by atoms with Gasteiger partial charge in [0.1, 0.15) is 17.3 Å². The summed E-state index contributed by atoms with van der Waals surface area (Å²) in [6.45, 7) is 3.98. The predicted octanol–water partition coefficient (Wildman–Crippen LogP) is 3.85. The predicted molar refractivity (Wildman–Crippen MR) is 107 cm³/mol. The van der Waals surface area contributed by atoms with E-state index < -0.39 is 0 Å². The number of hydrogen-bond acceptors (Lipinski definition) is 5. The van der Waals surface area contributed by atoms with E-state index in [1.54, 1.807) is 25.3 Å². The Morgan fingerprint density at radius 2 is 1.96 bits per heavy atom. The minimum atomic E-state index is -0.305. The van der Waals surface area contributed by atoms with Gasteiger partial charge >= 0.3 is 0 Å². The van der Waals surface area contributed by atoms with Gasteiger partial charge in [0, 0.05) is 10.6 Å². The van der Waals surface area contributed by atoms with Crippen molar-refractivity contribution in [3.63, 3.8) is 0 Å². The highest BCUT2D eigenvalue weighted by atomic mass is 35.5. The lowest BCUT2D eigenvalue weighted by atomic mass is 10.2. The summed E-state index contributed by atoms with van der Waals surface area (Å²) in [6, 6.07) is 12.4. The number of carbonyl (C=O) groups excluding carboxylic acids is 1. The zero-order valence-corrected chi connectivity index (χ0v) is 16.6. The molecule has 0 aliphatic rings. The number of benzene rings is 2. The molecule has 2 N–H and O–H groups in total. The zero-order chi connectivity index (χ0) is 20.1. The van der Waals surface area contributed by atoms with Crippen LogP contribution < -0.4 is 14.8 Å². The van der Waals surface area contributed by atoms with Gasteiger partial charge in [0.15, 0.2) is 5.82 Å². The second-order valence-electron chi connectivity index (χ2n) is 6.32. The van der Waals surface area contributed by atoms with Crippen molar-refractivity contribution in [3.8, 4) is 22.9 Å². The lowest BCUT2D eigenvalue weighted by Crippen LogP contribution is -2.24. The fourth-order valence-electron chi connectivity index (χ4n) is 2.54. The van der Waals surface area contributed by atoms with Crippen LogP contribution in [0.1, 0.15) is 30.0 Å². The molecular weight excluding hydrogens is 380 g/mol. The molecule has 1 amide bonds. The Morgan fingerprint density at radius 1 is 1.21 bits per heavy atom. The summed E-state index contributed by atoms with van der Waals surface area (Å²) in [4.78, 5) is 17.0. The Labute approximate surface area is 168 Å². The van der Waals surface area contributed by atoms with Crippen molar-refractivity contribution in [1.29, 1.82) is 0 Å². The summed E-state index contributed by atoms with van der Waals surface area (Å²) in [5, 5.41) is 10.3. The van der Waals surface area contributed by atoms with E-state index in [1.165, 1.54) is 0 Å². The van der Waals surface area contributed by atoms with E-state index in [0.717, 1.165) is 11.3 Å². The van der Waals surface area contributed by atoms with Gasteiger partial charge in [-0.3, -0.25) is 9.89 Å². The van der Waals surface area contributed by atoms with Crippen LogP contribution in [0.2, 0.25) is 5.02 Å². The maximum absolute atomic E-state index is 12.6. The molecule has 0 aliphatic carbocycles. The van der Waals surface area contributed by atoms with E-state index >= 15 is 0 Å². The Morgan fingerprint density at radius 3 is 2.64 bits per heavy atom. The van der Waals surface area contributed by atoms with Gasteiger partial charge in [-0.1, -0.05) is 11.6 Å². The van der Waals surface area contributed by atoms with Crippen molar-refractivity contribution < 1.29 is 14.3 Å². The highest BCUT2D eigenvalue weighted by molar-refractivity contribution is 6.31. The van der Waals surface area contributed by atoms with Crippen molar-refractivity contribution >= 4 is 17.5 Å². The van der Waals surface area contributed by atoms with Gasteiger partial charge in [-0.15, -0.1) is 0 Å². The molecule has 7 nitrogen and oxygen atoms in total. The third-order valence-corrected chi connectivity index (χ3v) is 4.08. The number of aromatic amines is 1. The van der Waals surface area contributed by atoms with E-state index in [1.807, 2.05) is 38.1 Å². The molecule has 3 aromatic rings. The monoisotopic (exact) mass is 400 g/mol. The third kappa shape index (κ3) is 4.80. The van der Waals surface area contributed by atoms with Crippen LogP contribution in [0.25, 0.3) is 11.4 Å². The van der Waals surface area contributed by atoms with Crippen molar-refractivity contribution in [2.75, 3.05) is 7.11 Å². The average Bonchev–Trinajstić information content (AvgIpc) is 3.16. The zero-order valence-electron chi connectivity index (χ0n) is 15.8. The Kier molecular flexibility index (Phi) is 6.16. The first-order valence-electron chi connectivity index (χ1n) is 8.76. The largest absolute Gasteiger partial charge is 0.497 e. The average molecular weight is 401 g/mol. The summed E-state index contributed by atoms with van der Waals surface area (Å²) in [6.07, 6.45) is -0.0611. The van der Waals surface area contributed by atoms with Crippen LogP contribution in [0.15, 0.2) is 42.5 Å². The van der Waals surface area contributed by atoms with Gasteiger partial charge in [-0.2, -0.15) is 5.10 Å². The van der Waals surface area contributed by atoms with Crippen LogP contribution in [-0.2, 0) is 6.54 Å². The maximum atomic E-state index is 12.6.